The van der Waals surface area contributed by atoms with Gasteiger partial charge in [-0.05, 0) is 29.7 Å². The summed E-state index contributed by atoms with van der Waals surface area (Å²) in [6, 6.07) is 15.9. The first-order chi connectivity index (χ1) is 14.6. The predicted octanol–water partition coefficient (Wildman–Crippen LogP) is 2.46. The summed E-state index contributed by atoms with van der Waals surface area (Å²) in [7, 11) is 6.80. The Bertz CT molecular complexity index is 824. The van der Waals surface area contributed by atoms with Crippen molar-refractivity contribution in [2.75, 3.05) is 41.4 Å². The largest absolute Gasteiger partial charge is 0.493 e. The fourth-order valence-corrected chi connectivity index (χ4v) is 3.01. The number of amides is 1. The van der Waals surface area contributed by atoms with Gasteiger partial charge in [0, 0.05) is 40.2 Å². The average molecular weight is 413 g/mol. The van der Waals surface area contributed by atoms with E-state index in [9.17, 15) is 4.79 Å². The lowest BCUT2D eigenvalue weighted by Crippen LogP contribution is -2.40. The van der Waals surface area contributed by atoms with Gasteiger partial charge in [0.05, 0.1) is 14.2 Å². The number of ether oxygens (including phenoxy) is 2. The van der Waals surface area contributed by atoms with Gasteiger partial charge in [0.1, 0.15) is 0 Å². The molecule has 0 atom stereocenters. The Morgan fingerprint density at radius 2 is 1.67 bits per heavy atom. The van der Waals surface area contributed by atoms with E-state index in [0.29, 0.717) is 37.8 Å². The molecule has 30 heavy (non-hydrogen) atoms. The number of nitrogens with one attached hydrogen (secondary N) is 2. The van der Waals surface area contributed by atoms with Crippen molar-refractivity contribution >= 4 is 11.9 Å². The number of carbonyl (C=O) groups excluding carboxylic acids is 1. The fraction of sp³-hybridized carbons (Fsp3) is 0.391. The van der Waals surface area contributed by atoms with E-state index in [1.54, 1.807) is 26.2 Å². The molecular formula is C23H32N4O3. The quantitative estimate of drug-likeness (QED) is 0.463. The number of rotatable bonds is 10. The summed E-state index contributed by atoms with van der Waals surface area (Å²) in [5.74, 6) is 2.20. The van der Waals surface area contributed by atoms with Gasteiger partial charge in [0.15, 0.2) is 17.5 Å². The highest BCUT2D eigenvalue weighted by molar-refractivity contribution is 5.81. The van der Waals surface area contributed by atoms with E-state index >= 15 is 0 Å². The molecule has 0 saturated carbocycles. The fourth-order valence-electron chi connectivity index (χ4n) is 3.01. The van der Waals surface area contributed by atoms with Crippen LogP contribution in [-0.2, 0) is 17.8 Å². The molecule has 0 aliphatic heterocycles. The first kappa shape index (κ1) is 23.1. The van der Waals surface area contributed by atoms with Crippen LogP contribution in [0.3, 0.4) is 0 Å². The highest BCUT2D eigenvalue weighted by atomic mass is 16.5. The molecule has 0 radical (unpaired) electrons. The van der Waals surface area contributed by atoms with Crippen molar-refractivity contribution in [3.63, 3.8) is 0 Å². The van der Waals surface area contributed by atoms with Gasteiger partial charge in [-0.2, -0.15) is 0 Å². The Hall–Kier alpha value is -3.22. The van der Waals surface area contributed by atoms with E-state index in [2.05, 4.69) is 15.6 Å². The lowest BCUT2D eigenvalue weighted by atomic mass is 10.1. The zero-order chi connectivity index (χ0) is 21.8. The smallest absolute Gasteiger partial charge is 0.224 e. The molecule has 7 nitrogen and oxygen atoms in total. The van der Waals surface area contributed by atoms with Crippen LogP contribution < -0.4 is 20.1 Å². The Morgan fingerprint density at radius 1 is 0.967 bits per heavy atom. The standard InChI is InChI=1S/C23H32N4O3/c1-24-23(25-14-12-18-10-11-20(29-3)21(16-18)30-4)26-15-13-22(28)27(2)17-19-8-6-5-7-9-19/h5-11,16H,12-15,17H2,1-4H3,(H2,24,25,26). The lowest BCUT2D eigenvalue weighted by Gasteiger charge is -2.18. The van der Waals surface area contributed by atoms with E-state index in [1.165, 1.54) is 0 Å². The van der Waals surface area contributed by atoms with E-state index in [0.717, 1.165) is 23.3 Å². The topological polar surface area (TPSA) is 75.2 Å². The maximum atomic E-state index is 12.3. The van der Waals surface area contributed by atoms with Crippen LogP contribution in [-0.4, -0.2) is 58.2 Å². The van der Waals surface area contributed by atoms with E-state index < -0.39 is 0 Å². The minimum atomic E-state index is 0.0899. The van der Waals surface area contributed by atoms with Crippen LogP contribution in [0, 0.1) is 0 Å². The number of methoxy groups -OCH3 is 2. The van der Waals surface area contributed by atoms with Gasteiger partial charge >= 0.3 is 0 Å². The van der Waals surface area contributed by atoms with E-state index in [1.807, 2.05) is 55.6 Å². The molecule has 0 aliphatic rings. The van der Waals surface area contributed by atoms with Gasteiger partial charge in [-0.15, -0.1) is 0 Å². The number of guanidine groups is 1. The molecule has 0 saturated heterocycles. The van der Waals surface area contributed by atoms with Crippen molar-refractivity contribution in [3.05, 3.63) is 59.7 Å². The minimum absolute atomic E-state index is 0.0899. The third-order valence-corrected chi connectivity index (χ3v) is 4.70. The van der Waals surface area contributed by atoms with E-state index in [4.69, 9.17) is 9.47 Å². The first-order valence-electron chi connectivity index (χ1n) is 10.0. The van der Waals surface area contributed by atoms with Crippen molar-refractivity contribution in [1.82, 2.24) is 15.5 Å². The second-order valence-electron chi connectivity index (χ2n) is 6.85. The number of carbonyl (C=O) groups is 1. The molecule has 7 heteroatoms. The molecule has 2 N–H and O–H groups in total. The normalized spacial score (nSPS) is 11.0. The van der Waals surface area contributed by atoms with Crippen molar-refractivity contribution < 1.29 is 14.3 Å². The van der Waals surface area contributed by atoms with Crippen LogP contribution in [0.25, 0.3) is 0 Å². The Morgan fingerprint density at radius 3 is 2.33 bits per heavy atom. The average Bonchev–Trinajstić information content (AvgIpc) is 2.78. The molecule has 1 amide bonds. The summed E-state index contributed by atoms with van der Waals surface area (Å²) >= 11 is 0. The maximum Gasteiger partial charge on any atom is 0.224 e. The van der Waals surface area contributed by atoms with Gasteiger partial charge in [0.2, 0.25) is 5.91 Å². The molecule has 0 spiro atoms. The maximum absolute atomic E-state index is 12.3. The zero-order valence-corrected chi connectivity index (χ0v) is 18.3. The summed E-state index contributed by atoms with van der Waals surface area (Å²) in [5, 5.41) is 6.46. The molecule has 0 aliphatic carbocycles. The molecule has 0 heterocycles. The minimum Gasteiger partial charge on any atom is -0.493 e. The van der Waals surface area contributed by atoms with Crippen molar-refractivity contribution in [2.24, 2.45) is 4.99 Å². The predicted molar refractivity (Wildman–Crippen MR) is 120 cm³/mol. The van der Waals surface area contributed by atoms with Gasteiger partial charge in [-0.1, -0.05) is 36.4 Å². The summed E-state index contributed by atoms with van der Waals surface area (Å²) in [6.45, 7) is 1.84. The van der Waals surface area contributed by atoms with Crippen LogP contribution in [0.1, 0.15) is 17.5 Å². The highest BCUT2D eigenvalue weighted by Gasteiger charge is 2.09. The van der Waals surface area contributed by atoms with Gasteiger partial charge < -0.3 is 25.0 Å². The summed E-state index contributed by atoms with van der Waals surface area (Å²) in [6.07, 6.45) is 1.21. The SMILES string of the molecule is CN=C(NCCC(=O)N(C)Cc1ccccc1)NCCc1ccc(OC)c(OC)c1. The molecule has 2 aromatic carbocycles. The van der Waals surface area contributed by atoms with Crippen molar-refractivity contribution in [2.45, 2.75) is 19.4 Å². The molecule has 0 fully saturated rings. The molecule has 162 valence electrons. The molecular weight excluding hydrogens is 380 g/mol. The third-order valence-electron chi connectivity index (χ3n) is 4.70. The van der Waals surface area contributed by atoms with E-state index in [-0.39, 0.29) is 5.91 Å². The Balaban J connectivity index is 1.71. The van der Waals surface area contributed by atoms with Crippen LogP contribution >= 0.6 is 0 Å². The number of hydrogen-bond acceptors (Lipinski definition) is 4. The van der Waals surface area contributed by atoms with Crippen LogP contribution in [0.2, 0.25) is 0 Å². The van der Waals surface area contributed by atoms with Crippen LogP contribution in [0.5, 0.6) is 11.5 Å². The molecule has 2 rings (SSSR count). The lowest BCUT2D eigenvalue weighted by molar-refractivity contribution is -0.130. The van der Waals surface area contributed by atoms with Crippen molar-refractivity contribution in [3.8, 4) is 11.5 Å². The first-order valence-corrected chi connectivity index (χ1v) is 10.0. The van der Waals surface area contributed by atoms with Crippen molar-refractivity contribution in [1.29, 1.82) is 0 Å². The molecule has 0 bridgehead atoms. The molecule has 2 aromatic rings. The second kappa shape index (κ2) is 12.4. The van der Waals surface area contributed by atoms with Gasteiger partial charge in [-0.25, -0.2) is 0 Å². The number of nitrogens with zero attached hydrogens (tertiary/aromatic N) is 2. The van der Waals surface area contributed by atoms with Crippen LogP contribution in [0.4, 0.5) is 0 Å². The Labute approximate surface area is 179 Å². The number of benzene rings is 2. The number of hydrogen-bond donors (Lipinski definition) is 2. The summed E-state index contributed by atoms with van der Waals surface area (Å²) < 4.78 is 10.6. The monoisotopic (exact) mass is 412 g/mol. The van der Waals surface area contributed by atoms with Crippen LogP contribution in [0.15, 0.2) is 53.5 Å². The zero-order valence-electron chi connectivity index (χ0n) is 18.3. The van der Waals surface area contributed by atoms with Gasteiger partial charge in [-0.3, -0.25) is 9.79 Å². The number of aliphatic imine (C=N–C) groups is 1. The second-order valence-corrected chi connectivity index (χ2v) is 6.85. The summed E-state index contributed by atoms with van der Waals surface area (Å²) in [5.41, 5.74) is 2.25. The highest BCUT2D eigenvalue weighted by Crippen LogP contribution is 2.27. The molecule has 0 unspecified atom stereocenters. The Kier molecular flexibility index (Phi) is 9.51. The summed E-state index contributed by atoms with van der Waals surface area (Å²) in [4.78, 5) is 18.3. The molecule has 0 aromatic heterocycles. The van der Waals surface area contributed by atoms with Gasteiger partial charge in [0.25, 0.3) is 0 Å². The third kappa shape index (κ3) is 7.31.